The number of hydrogen-bond donors (Lipinski definition) is 1. The molecule has 1 fully saturated rings. The predicted octanol–water partition coefficient (Wildman–Crippen LogP) is 2.26. The molecular formula is C14H24N2OS. The molecule has 18 heavy (non-hydrogen) atoms. The minimum absolute atomic E-state index is 0.204. The van der Waals surface area contributed by atoms with Gasteiger partial charge >= 0.3 is 0 Å². The van der Waals surface area contributed by atoms with E-state index in [-0.39, 0.29) is 5.54 Å². The van der Waals surface area contributed by atoms with Crippen molar-refractivity contribution in [1.82, 2.24) is 10.2 Å². The molecule has 0 bridgehead atoms. The molecule has 0 radical (unpaired) electrons. The number of hydrogen-bond acceptors (Lipinski definition) is 4. The average molecular weight is 268 g/mol. The molecule has 3 nitrogen and oxygen atoms in total. The van der Waals surface area contributed by atoms with Crippen LogP contribution in [-0.4, -0.2) is 43.3 Å². The van der Waals surface area contributed by atoms with E-state index in [0.29, 0.717) is 0 Å². The minimum atomic E-state index is 0.204. The third-order valence-electron chi connectivity index (χ3n) is 3.52. The molecule has 102 valence electrons. The molecule has 1 saturated heterocycles. The zero-order chi connectivity index (χ0) is 13.0. The van der Waals surface area contributed by atoms with Crippen molar-refractivity contribution < 1.29 is 4.74 Å². The van der Waals surface area contributed by atoms with E-state index >= 15 is 0 Å². The first kappa shape index (κ1) is 14.0. The lowest BCUT2D eigenvalue weighted by Gasteiger charge is -2.41. The van der Waals surface area contributed by atoms with Gasteiger partial charge in [-0.25, -0.2) is 0 Å². The van der Waals surface area contributed by atoms with Gasteiger partial charge in [0.15, 0.2) is 0 Å². The molecule has 1 N–H and O–H groups in total. The Kier molecular flexibility index (Phi) is 4.78. The Morgan fingerprint density at radius 1 is 1.33 bits per heavy atom. The molecule has 0 spiro atoms. The summed E-state index contributed by atoms with van der Waals surface area (Å²) in [4.78, 5) is 5.33. The number of morpholine rings is 1. The number of ether oxygens (including phenoxy) is 1. The lowest BCUT2D eigenvalue weighted by Crippen LogP contribution is -2.54. The first-order valence-electron chi connectivity index (χ1n) is 6.67. The van der Waals surface area contributed by atoms with Crippen molar-refractivity contribution >= 4 is 11.3 Å². The average Bonchev–Trinajstić information content (AvgIpc) is 2.76. The van der Waals surface area contributed by atoms with E-state index in [9.17, 15) is 0 Å². The molecule has 1 aromatic rings. The van der Waals surface area contributed by atoms with Gasteiger partial charge in [-0.1, -0.05) is 0 Å². The van der Waals surface area contributed by atoms with Crippen LogP contribution in [0.4, 0.5) is 0 Å². The van der Waals surface area contributed by atoms with Gasteiger partial charge in [0.25, 0.3) is 0 Å². The lowest BCUT2D eigenvalue weighted by molar-refractivity contribution is -0.00965. The molecule has 1 aromatic heterocycles. The van der Waals surface area contributed by atoms with E-state index in [1.54, 1.807) is 0 Å². The molecule has 0 amide bonds. The van der Waals surface area contributed by atoms with Crippen LogP contribution in [0, 0.1) is 6.92 Å². The van der Waals surface area contributed by atoms with E-state index < -0.39 is 0 Å². The SMILES string of the molecule is Cc1ccc(CNCC(C)(C)N2CCOCC2)s1. The highest BCUT2D eigenvalue weighted by atomic mass is 32.1. The lowest BCUT2D eigenvalue weighted by atomic mass is 10.0. The molecule has 0 unspecified atom stereocenters. The molecule has 0 saturated carbocycles. The molecule has 4 heteroatoms. The molecule has 0 atom stereocenters. The van der Waals surface area contributed by atoms with Crippen molar-refractivity contribution in [2.24, 2.45) is 0 Å². The van der Waals surface area contributed by atoms with Gasteiger partial charge in [-0.3, -0.25) is 4.90 Å². The summed E-state index contributed by atoms with van der Waals surface area (Å²) in [5.74, 6) is 0. The first-order chi connectivity index (χ1) is 8.58. The molecule has 2 rings (SSSR count). The summed E-state index contributed by atoms with van der Waals surface area (Å²) < 4.78 is 5.41. The Morgan fingerprint density at radius 2 is 2.06 bits per heavy atom. The van der Waals surface area contributed by atoms with Crippen molar-refractivity contribution in [2.75, 3.05) is 32.8 Å². The Morgan fingerprint density at radius 3 is 2.67 bits per heavy atom. The topological polar surface area (TPSA) is 24.5 Å². The molecular weight excluding hydrogens is 244 g/mol. The number of thiophene rings is 1. The normalized spacial score (nSPS) is 18.2. The van der Waals surface area contributed by atoms with E-state index in [2.05, 4.69) is 43.1 Å². The summed E-state index contributed by atoms with van der Waals surface area (Å²) in [5, 5.41) is 3.58. The maximum absolute atomic E-state index is 5.41. The van der Waals surface area contributed by atoms with Gasteiger partial charge in [-0.2, -0.15) is 0 Å². The van der Waals surface area contributed by atoms with Crippen LogP contribution in [0.25, 0.3) is 0 Å². The number of aryl methyl sites for hydroxylation is 1. The summed E-state index contributed by atoms with van der Waals surface area (Å²) in [7, 11) is 0. The van der Waals surface area contributed by atoms with Crippen molar-refractivity contribution in [3.05, 3.63) is 21.9 Å². The zero-order valence-corrected chi connectivity index (χ0v) is 12.5. The van der Waals surface area contributed by atoms with Crippen molar-refractivity contribution in [2.45, 2.75) is 32.9 Å². The second-order valence-corrected chi connectivity index (χ2v) is 6.90. The molecule has 2 heterocycles. The molecule has 0 aliphatic carbocycles. The van der Waals surface area contributed by atoms with Gasteiger partial charge in [-0.15, -0.1) is 11.3 Å². The first-order valence-corrected chi connectivity index (χ1v) is 7.48. The van der Waals surface area contributed by atoms with Crippen molar-refractivity contribution in [1.29, 1.82) is 0 Å². The van der Waals surface area contributed by atoms with Gasteiger partial charge in [0.1, 0.15) is 0 Å². The minimum Gasteiger partial charge on any atom is -0.379 e. The van der Waals surface area contributed by atoms with Crippen molar-refractivity contribution in [3.8, 4) is 0 Å². The van der Waals surface area contributed by atoms with E-state index in [4.69, 9.17) is 4.74 Å². The molecule has 1 aliphatic rings. The van der Waals surface area contributed by atoms with Crippen LogP contribution in [-0.2, 0) is 11.3 Å². The third-order valence-corrected chi connectivity index (χ3v) is 4.52. The second kappa shape index (κ2) is 6.15. The van der Waals surface area contributed by atoms with Gasteiger partial charge in [0.05, 0.1) is 13.2 Å². The second-order valence-electron chi connectivity index (χ2n) is 5.53. The van der Waals surface area contributed by atoms with Crippen LogP contribution in [0.5, 0.6) is 0 Å². The zero-order valence-electron chi connectivity index (χ0n) is 11.7. The van der Waals surface area contributed by atoms with Gasteiger partial charge in [-0.05, 0) is 32.9 Å². The molecule has 1 aliphatic heterocycles. The van der Waals surface area contributed by atoms with Gasteiger partial charge in [0, 0.05) is 41.5 Å². The monoisotopic (exact) mass is 268 g/mol. The van der Waals surface area contributed by atoms with Crippen LogP contribution in [0.1, 0.15) is 23.6 Å². The van der Waals surface area contributed by atoms with Crippen LogP contribution in [0.3, 0.4) is 0 Å². The largest absolute Gasteiger partial charge is 0.379 e. The van der Waals surface area contributed by atoms with Crippen molar-refractivity contribution in [3.63, 3.8) is 0 Å². The van der Waals surface area contributed by atoms with Gasteiger partial charge in [0.2, 0.25) is 0 Å². The summed E-state index contributed by atoms with van der Waals surface area (Å²) in [6, 6.07) is 4.41. The number of rotatable bonds is 5. The third kappa shape index (κ3) is 3.79. The fraction of sp³-hybridized carbons (Fsp3) is 0.714. The highest BCUT2D eigenvalue weighted by molar-refractivity contribution is 7.11. The standard InChI is InChI=1S/C14H24N2OS/c1-12-4-5-13(18-12)10-15-11-14(2,3)16-6-8-17-9-7-16/h4-5,15H,6-11H2,1-3H3. The van der Waals surface area contributed by atoms with E-state index in [1.807, 2.05) is 11.3 Å². The van der Waals surface area contributed by atoms with E-state index in [0.717, 1.165) is 39.4 Å². The summed E-state index contributed by atoms with van der Waals surface area (Å²) in [6.07, 6.45) is 0. The quantitative estimate of drug-likeness (QED) is 0.886. The Hall–Kier alpha value is -0.420. The Labute approximate surface area is 114 Å². The number of nitrogens with one attached hydrogen (secondary N) is 1. The van der Waals surface area contributed by atoms with Crippen LogP contribution < -0.4 is 5.32 Å². The maximum atomic E-state index is 5.41. The number of nitrogens with zero attached hydrogens (tertiary/aromatic N) is 1. The fourth-order valence-corrected chi connectivity index (χ4v) is 3.21. The van der Waals surface area contributed by atoms with Crippen LogP contribution in [0.2, 0.25) is 0 Å². The summed E-state index contributed by atoms with van der Waals surface area (Å²) in [5.41, 5.74) is 0.204. The highest BCUT2D eigenvalue weighted by Crippen LogP contribution is 2.17. The molecule has 0 aromatic carbocycles. The van der Waals surface area contributed by atoms with Crippen LogP contribution in [0.15, 0.2) is 12.1 Å². The summed E-state index contributed by atoms with van der Waals surface area (Å²) in [6.45, 7) is 12.6. The van der Waals surface area contributed by atoms with Gasteiger partial charge < -0.3 is 10.1 Å². The Bertz CT molecular complexity index is 370. The highest BCUT2D eigenvalue weighted by Gasteiger charge is 2.27. The smallest absolute Gasteiger partial charge is 0.0594 e. The van der Waals surface area contributed by atoms with Crippen LogP contribution >= 0.6 is 11.3 Å². The Balaban J connectivity index is 1.77. The van der Waals surface area contributed by atoms with E-state index in [1.165, 1.54) is 9.75 Å². The maximum Gasteiger partial charge on any atom is 0.0594 e. The fourth-order valence-electron chi connectivity index (χ4n) is 2.35. The summed E-state index contributed by atoms with van der Waals surface area (Å²) >= 11 is 1.88. The predicted molar refractivity (Wildman–Crippen MR) is 77.2 cm³/mol.